The van der Waals surface area contributed by atoms with Crippen molar-refractivity contribution in [1.29, 1.82) is 0 Å². The van der Waals surface area contributed by atoms with E-state index in [-0.39, 0.29) is 23.2 Å². The van der Waals surface area contributed by atoms with E-state index < -0.39 is 4.92 Å². The van der Waals surface area contributed by atoms with Crippen molar-refractivity contribution >= 4 is 17.3 Å². The first-order chi connectivity index (χ1) is 15.5. The van der Waals surface area contributed by atoms with E-state index in [0.717, 1.165) is 16.7 Å². The molecule has 3 aromatic carbocycles. The van der Waals surface area contributed by atoms with Gasteiger partial charge in [0.1, 0.15) is 0 Å². The molecular weight excluding hydrogens is 406 g/mol. The zero-order chi connectivity index (χ0) is 22.5. The average Bonchev–Trinajstić information content (AvgIpc) is 2.83. The second-order valence-corrected chi connectivity index (χ2v) is 7.79. The molecule has 1 aliphatic heterocycles. The predicted octanol–water partition coefficient (Wildman–Crippen LogP) is 4.26. The maximum Gasteiger partial charge on any atom is 0.270 e. The molecule has 4 rings (SSSR count). The molecule has 0 bridgehead atoms. The number of nitro groups is 1. The van der Waals surface area contributed by atoms with Crippen LogP contribution >= 0.6 is 0 Å². The number of benzene rings is 3. The van der Waals surface area contributed by atoms with E-state index in [1.54, 1.807) is 6.07 Å². The van der Waals surface area contributed by atoms with Crippen LogP contribution in [0.2, 0.25) is 0 Å². The number of carbonyl (C=O) groups excluding carboxylic acids is 1. The molecule has 32 heavy (non-hydrogen) atoms. The van der Waals surface area contributed by atoms with Gasteiger partial charge in [-0.1, -0.05) is 60.2 Å². The largest absolute Gasteiger partial charge is 0.378 e. The number of carbonyl (C=O) groups is 1. The molecule has 164 valence electrons. The maximum absolute atomic E-state index is 13.5. The summed E-state index contributed by atoms with van der Waals surface area (Å²) in [5, 5.41) is 14.5. The van der Waals surface area contributed by atoms with E-state index in [4.69, 9.17) is 4.74 Å². The minimum atomic E-state index is -0.478. The van der Waals surface area contributed by atoms with Gasteiger partial charge in [0, 0.05) is 25.2 Å². The molecule has 1 aliphatic rings. The molecular formula is C25H25N3O4. The summed E-state index contributed by atoms with van der Waals surface area (Å²) in [6, 6.07) is 21.7. The van der Waals surface area contributed by atoms with Crippen molar-refractivity contribution < 1.29 is 14.5 Å². The van der Waals surface area contributed by atoms with Crippen LogP contribution in [0.15, 0.2) is 72.8 Å². The molecule has 0 saturated carbocycles. The molecule has 0 radical (unpaired) electrons. The van der Waals surface area contributed by atoms with Crippen LogP contribution in [0.1, 0.15) is 33.1 Å². The van der Waals surface area contributed by atoms with Gasteiger partial charge in [-0.15, -0.1) is 0 Å². The minimum Gasteiger partial charge on any atom is -0.378 e. The number of amides is 1. The van der Waals surface area contributed by atoms with E-state index in [9.17, 15) is 14.9 Å². The second kappa shape index (κ2) is 9.62. The Morgan fingerprint density at radius 3 is 2.31 bits per heavy atom. The first-order valence-corrected chi connectivity index (χ1v) is 10.6. The number of rotatable bonds is 6. The fourth-order valence-corrected chi connectivity index (χ4v) is 3.87. The van der Waals surface area contributed by atoms with Crippen molar-refractivity contribution in [2.24, 2.45) is 0 Å². The number of nitro benzene ring substituents is 1. The van der Waals surface area contributed by atoms with Gasteiger partial charge in [-0.25, -0.2) is 0 Å². The van der Waals surface area contributed by atoms with Gasteiger partial charge in [-0.05, 0) is 24.1 Å². The van der Waals surface area contributed by atoms with Gasteiger partial charge in [-0.3, -0.25) is 14.9 Å². The van der Waals surface area contributed by atoms with Crippen molar-refractivity contribution in [1.82, 2.24) is 5.32 Å². The van der Waals surface area contributed by atoms with Crippen molar-refractivity contribution in [3.63, 3.8) is 0 Å². The minimum absolute atomic E-state index is 0.112. The Bertz CT molecular complexity index is 1090. The normalized spacial score (nSPS) is 14.6. The summed E-state index contributed by atoms with van der Waals surface area (Å²) in [5.74, 6) is -0.357. The van der Waals surface area contributed by atoms with E-state index >= 15 is 0 Å². The summed E-state index contributed by atoms with van der Waals surface area (Å²) >= 11 is 0. The third-order valence-corrected chi connectivity index (χ3v) is 5.61. The number of nitrogens with zero attached hydrogens (tertiary/aromatic N) is 2. The van der Waals surface area contributed by atoms with Gasteiger partial charge in [0.05, 0.1) is 35.4 Å². The van der Waals surface area contributed by atoms with Gasteiger partial charge >= 0.3 is 0 Å². The molecule has 3 aromatic rings. The molecule has 0 aliphatic carbocycles. The number of aryl methyl sites for hydroxylation is 1. The molecule has 0 spiro atoms. The molecule has 1 saturated heterocycles. The van der Waals surface area contributed by atoms with E-state index in [1.165, 1.54) is 12.1 Å². The third kappa shape index (κ3) is 4.78. The van der Waals surface area contributed by atoms with Crippen LogP contribution in [0.5, 0.6) is 0 Å². The predicted molar refractivity (Wildman–Crippen MR) is 123 cm³/mol. The zero-order valence-electron chi connectivity index (χ0n) is 17.9. The molecule has 1 N–H and O–H groups in total. The Hall–Kier alpha value is -3.71. The molecule has 1 amide bonds. The summed E-state index contributed by atoms with van der Waals surface area (Å²) in [6.07, 6.45) is 0. The number of ether oxygens (including phenoxy) is 1. The van der Waals surface area contributed by atoms with Crippen LogP contribution in [0, 0.1) is 17.0 Å². The molecule has 1 fully saturated rings. The zero-order valence-corrected chi connectivity index (χ0v) is 17.9. The van der Waals surface area contributed by atoms with Gasteiger partial charge in [0.2, 0.25) is 0 Å². The lowest BCUT2D eigenvalue weighted by molar-refractivity contribution is -0.384. The summed E-state index contributed by atoms with van der Waals surface area (Å²) < 4.78 is 5.42. The highest BCUT2D eigenvalue weighted by molar-refractivity contribution is 6.01. The topological polar surface area (TPSA) is 84.7 Å². The van der Waals surface area contributed by atoms with Crippen LogP contribution in [0.25, 0.3) is 0 Å². The average molecular weight is 431 g/mol. The monoisotopic (exact) mass is 431 g/mol. The van der Waals surface area contributed by atoms with Gasteiger partial charge < -0.3 is 15.0 Å². The molecule has 1 unspecified atom stereocenters. The van der Waals surface area contributed by atoms with Crippen LogP contribution in [-0.2, 0) is 4.74 Å². The maximum atomic E-state index is 13.5. The molecule has 1 heterocycles. The van der Waals surface area contributed by atoms with Crippen molar-refractivity contribution in [2.45, 2.75) is 13.0 Å². The summed E-state index contributed by atoms with van der Waals surface area (Å²) in [7, 11) is 0. The fraction of sp³-hybridized carbons (Fsp3) is 0.240. The smallest absolute Gasteiger partial charge is 0.270 e. The number of hydrogen-bond acceptors (Lipinski definition) is 5. The van der Waals surface area contributed by atoms with Crippen molar-refractivity contribution in [3.8, 4) is 0 Å². The second-order valence-electron chi connectivity index (χ2n) is 7.79. The highest BCUT2D eigenvalue weighted by atomic mass is 16.6. The Kier molecular flexibility index (Phi) is 6.47. The first kappa shape index (κ1) is 21.5. The highest BCUT2D eigenvalue weighted by Gasteiger charge is 2.25. The first-order valence-electron chi connectivity index (χ1n) is 10.6. The number of morpholine rings is 1. The molecule has 7 heteroatoms. The van der Waals surface area contributed by atoms with Crippen LogP contribution in [0.4, 0.5) is 11.4 Å². The lowest BCUT2D eigenvalue weighted by Crippen LogP contribution is -2.38. The standard InChI is InChI=1S/C25H25N3O4/c1-18-7-9-20(10-8-18)24(19-5-3-2-4-6-19)26-25(29)22-17-21(28(30)31)11-12-23(22)27-13-15-32-16-14-27/h2-12,17,24H,13-16H2,1H3,(H,26,29). The van der Waals surface area contributed by atoms with E-state index in [2.05, 4.69) is 5.32 Å². The molecule has 7 nitrogen and oxygen atoms in total. The summed E-state index contributed by atoms with van der Waals surface area (Å²) in [4.78, 5) is 26.5. The number of anilines is 1. The quantitative estimate of drug-likeness (QED) is 0.466. The van der Waals surface area contributed by atoms with Crippen LogP contribution < -0.4 is 10.2 Å². The van der Waals surface area contributed by atoms with Crippen molar-refractivity contribution in [2.75, 3.05) is 31.2 Å². The van der Waals surface area contributed by atoms with Gasteiger partial charge in [0.25, 0.3) is 11.6 Å². The summed E-state index contributed by atoms with van der Waals surface area (Å²) in [5.41, 5.74) is 3.84. The van der Waals surface area contributed by atoms with Crippen molar-refractivity contribution in [3.05, 3.63) is 105 Å². The number of non-ortho nitro benzene ring substituents is 1. The molecule has 1 atom stereocenters. The third-order valence-electron chi connectivity index (χ3n) is 5.61. The lowest BCUT2D eigenvalue weighted by Gasteiger charge is -2.30. The Labute approximate surface area is 186 Å². The van der Waals surface area contributed by atoms with Gasteiger partial charge in [-0.2, -0.15) is 0 Å². The fourth-order valence-electron chi connectivity index (χ4n) is 3.87. The highest BCUT2D eigenvalue weighted by Crippen LogP contribution is 2.29. The Morgan fingerprint density at radius 1 is 1.00 bits per heavy atom. The lowest BCUT2D eigenvalue weighted by atomic mass is 9.97. The number of nitrogens with one attached hydrogen (secondary N) is 1. The van der Waals surface area contributed by atoms with E-state index in [0.29, 0.717) is 32.0 Å². The number of hydrogen-bond donors (Lipinski definition) is 1. The summed E-state index contributed by atoms with van der Waals surface area (Å²) in [6.45, 7) is 4.36. The SMILES string of the molecule is Cc1ccc(C(NC(=O)c2cc([N+](=O)[O-])ccc2N2CCOCC2)c2ccccc2)cc1. The van der Waals surface area contributed by atoms with E-state index in [1.807, 2.05) is 66.4 Å². The Balaban J connectivity index is 1.71. The van der Waals surface area contributed by atoms with Crippen LogP contribution in [-0.4, -0.2) is 37.1 Å². The Morgan fingerprint density at radius 2 is 1.66 bits per heavy atom. The molecule has 0 aromatic heterocycles. The van der Waals surface area contributed by atoms with Gasteiger partial charge in [0.15, 0.2) is 0 Å². The van der Waals surface area contributed by atoms with Crippen LogP contribution in [0.3, 0.4) is 0 Å².